The minimum Gasteiger partial charge on any atom is -0.506 e. The van der Waals surface area contributed by atoms with Gasteiger partial charge in [-0.1, -0.05) is 19.9 Å². The van der Waals surface area contributed by atoms with Gasteiger partial charge in [-0.15, -0.1) is 0 Å². The van der Waals surface area contributed by atoms with Gasteiger partial charge in [0.15, 0.2) is 5.56 Å². The Morgan fingerprint density at radius 3 is 2.60 bits per heavy atom. The molecule has 0 saturated carbocycles. The molecule has 7 heteroatoms. The van der Waals surface area contributed by atoms with Crippen molar-refractivity contribution in [3.63, 3.8) is 0 Å². The predicted molar refractivity (Wildman–Crippen MR) is 116 cm³/mol. The van der Waals surface area contributed by atoms with Gasteiger partial charge in [0.1, 0.15) is 5.75 Å². The number of carboxylic acid groups (broad SMARTS) is 1. The molecule has 4 rings (SSSR count). The Kier molecular flexibility index (Phi) is 5.15. The lowest BCUT2D eigenvalue weighted by atomic mass is 9.88. The van der Waals surface area contributed by atoms with Gasteiger partial charge in [0.2, 0.25) is 0 Å². The van der Waals surface area contributed by atoms with Crippen molar-refractivity contribution >= 4 is 16.9 Å². The molecule has 0 bridgehead atoms. The number of nitrogens with zero attached hydrogens (tertiary/aromatic N) is 1. The largest absolute Gasteiger partial charge is 0.506 e. The van der Waals surface area contributed by atoms with Crippen LogP contribution in [0.15, 0.2) is 23.0 Å². The summed E-state index contributed by atoms with van der Waals surface area (Å²) >= 11 is 0. The minimum absolute atomic E-state index is 0.381. The van der Waals surface area contributed by atoms with Crippen LogP contribution >= 0.6 is 0 Å². The molecule has 7 nitrogen and oxygen atoms in total. The summed E-state index contributed by atoms with van der Waals surface area (Å²) in [4.78, 5) is 26.6. The smallest absolute Gasteiger partial charge is 0.345 e. The van der Waals surface area contributed by atoms with Gasteiger partial charge in [0, 0.05) is 47.4 Å². The summed E-state index contributed by atoms with van der Waals surface area (Å²) in [6.07, 6.45) is 3.10. The maximum absolute atomic E-state index is 12.4. The Balaban J connectivity index is 1.95. The van der Waals surface area contributed by atoms with Gasteiger partial charge in [-0.3, -0.25) is 4.79 Å². The van der Waals surface area contributed by atoms with E-state index in [0.717, 1.165) is 47.8 Å². The normalized spacial score (nSPS) is 13.7. The number of rotatable bonds is 4. The molecule has 0 saturated heterocycles. The van der Waals surface area contributed by atoms with Crippen molar-refractivity contribution in [1.29, 1.82) is 0 Å². The fourth-order valence-corrected chi connectivity index (χ4v) is 4.41. The maximum Gasteiger partial charge on any atom is 0.345 e. The number of H-pyrrole nitrogens is 1. The number of carbonyl (C=O) groups is 1. The first kappa shape index (κ1) is 20.2. The molecular formula is C23H27N3O4. The molecule has 0 unspecified atom stereocenters. The van der Waals surface area contributed by atoms with Crippen LogP contribution in [-0.4, -0.2) is 31.8 Å². The molecule has 0 radical (unpaired) electrons. The van der Waals surface area contributed by atoms with E-state index in [1.807, 2.05) is 12.1 Å². The quantitative estimate of drug-likeness (QED) is 0.529. The summed E-state index contributed by atoms with van der Waals surface area (Å²) in [6, 6.07) is 6.57. The lowest BCUT2D eigenvalue weighted by Crippen LogP contribution is -2.22. The van der Waals surface area contributed by atoms with Gasteiger partial charge in [-0.05, 0) is 43.4 Å². The molecule has 4 N–H and O–H groups in total. The minimum atomic E-state index is -1.42. The standard InChI is InChI=1S/C23H27N3O4/c1-12(2)24-11-13-10-17-14-6-4-5-7-16-20(15(14)8-9-18(17)26(13)3)25-22(28)19(21(16)27)23(29)30/h8-10,12,24H,4-7,11H2,1-3H3,(H,29,30)(H2,25,27,28). The average Bonchev–Trinajstić information content (AvgIpc) is 2.98. The molecule has 2 heterocycles. The van der Waals surface area contributed by atoms with Gasteiger partial charge in [-0.25, -0.2) is 4.79 Å². The highest BCUT2D eigenvalue weighted by molar-refractivity contribution is 5.94. The first-order valence-electron chi connectivity index (χ1n) is 10.3. The van der Waals surface area contributed by atoms with E-state index in [1.165, 1.54) is 5.69 Å². The molecule has 158 valence electrons. The lowest BCUT2D eigenvalue weighted by Gasteiger charge is -2.20. The summed E-state index contributed by atoms with van der Waals surface area (Å²) in [6.45, 7) is 4.99. The van der Waals surface area contributed by atoms with Crippen molar-refractivity contribution in [2.24, 2.45) is 7.05 Å². The average molecular weight is 409 g/mol. The summed E-state index contributed by atoms with van der Waals surface area (Å²) in [7, 11) is 2.05. The summed E-state index contributed by atoms with van der Waals surface area (Å²) < 4.78 is 2.18. The molecule has 1 aromatic carbocycles. The Morgan fingerprint density at radius 2 is 1.93 bits per heavy atom. The number of carboxylic acids is 1. The molecule has 1 aliphatic carbocycles. The van der Waals surface area contributed by atoms with Gasteiger partial charge >= 0.3 is 5.97 Å². The molecular weight excluding hydrogens is 382 g/mol. The van der Waals surface area contributed by atoms with Crippen molar-refractivity contribution < 1.29 is 15.0 Å². The number of hydrogen-bond acceptors (Lipinski definition) is 4. The maximum atomic E-state index is 12.4. The third-order valence-corrected chi connectivity index (χ3v) is 6.01. The number of aromatic nitrogens is 2. The third-order valence-electron chi connectivity index (χ3n) is 6.01. The number of fused-ring (bicyclic) bond motifs is 5. The van der Waals surface area contributed by atoms with Crippen molar-refractivity contribution in [3.05, 3.63) is 50.9 Å². The third kappa shape index (κ3) is 3.29. The van der Waals surface area contributed by atoms with Crippen LogP contribution in [0.3, 0.4) is 0 Å². The zero-order valence-corrected chi connectivity index (χ0v) is 17.5. The molecule has 0 atom stereocenters. The molecule has 2 aromatic heterocycles. The molecule has 0 aliphatic heterocycles. The second kappa shape index (κ2) is 7.65. The van der Waals surface area contributed by atoms with E-state index in [0.29, 0.717) is 23.7 Å². The van der Waals surface area contributed by atoms with E-state index < -0.39 is 22.8 Å². The first-order valence-corrected chi connectivity index (χ1v) is 10.3. The highest BCUT2D eigenvalue weighted by atomic mass is 16.4. The number of benzene rings is 1. The second-order valence-electron chi connectivity index (χ2n) is 8.30. The Labute approximate surface area is 174 Å². The Hall–Kier alpha value is -3.06. The number of aromatic carboxylic acids is 1. The van der Waals surface area contributed by atoms with E-state index >= 15 is 0 Å². The number of hydrogen-bond donors (Lipinski definition) is 4. The first-order chi connectivity index (χ1) is 14.3. The number of pyridine rings is 1. The fourth-order valence-electron chi connectivity index (χ4n) is 4.41. The Bertz CT molecular complexity index is 1200. The van der Waals surface area contributed by atoms with E-state index in [9.17, 15) is 19.8 Å². The van der Waals surface area contributed by atoms with Gasteiger partial charge < -0.3 is 25.1 Å². The van der Waals surface area contributed by atoms with E-state index in [-0.39, 0.29) is 0 Å². The molecule has 0 fully saturated rings. The highest BCUT2D eigenvalue weighted by Gasteiger charge is 2.25. The van der Waals surface area contributed by atoms with Crippen LogP contribution in [0, 0.1) is 0 Å². The van der Waals surface area contributed by atoms with Crippen LogP contribution in [0.2, 0.25) is 0 Å². The van der Waals surface area contributed by atoms with Crippen molar-refractivity contribution in [1.82, 2.24) is 14.9 Å². The van der Waals surface area contributed by atoms with Crippen LogP contribution in [0.1, 0.15) is 53.9 Å². The highest BCUT2D eigenvalue weighted by Crippen LogP contribution is 2.38. The summed E-state index contributed by atoms with van der Waals surface area (Å²) in [5.41, 5.74) is 3.94. The second-order valence-corrected chi connectivity index (χ2v) is 8.30. The lowest BCUT2D eigenvalue weighted by molar-refractivity contribution is 0.0691. The molecule has 0 amide bonds. The Morgan fingerprint density at radius 1 is 1.23 bits per heavy atom. The zero-order chi connectivity index (χ0) is 21.6. The number of aromatic amines is 1. The van der Waals surface area contributed by atoms with Crippen molar-refractivity contribution in [2.75, 3.05) is 0 Å². The predicted octanol–water partition coefficient (Wildman–Crippen LogP) is 3.31. The monoisotopic (exact) mass is 409 g/mol. The van der Waals surface area contributed by atoms with Gasteiger partial charge in [0.25, 0.3) is 5.56 Å². The number of aryl methyl sites for hydroxylation is 2. The SMILES string of the molecule is CC(C)NCc1cc2c3c(ccc2n1C)-c1[nH]c(=O)c(C(=O)O)c(O)c1CCCC3. The zero-order valence-electron chi connectivity index (χ0n) is 17.5. The summed E-state index contributed by atoms with van der Waals surface area (Å²) in [5, 5.41) is 24.5. The van der Waals surface area contributed by atoms with E-state index in [4.69, 9.17) is 0 Å². The van der Waals surface area contributed by atoms with Crippen LogP contribution in [0.25, 0.3) is 22.2 Å². The van der Waals surface area contributed by atoms with Crippen molar-refractivity contribution in [2.45, 2.75) is 52.1 Å². The van der Waals surface area contributed by atoms with Crippen LogP contribution in [0.5, 0.6) is 5.75 Å². The molecule has 3 aromatic rings. The van der Waals surface area contributed by atoms with Crippen molar-refractivity contribution in [3.8, 4) is 17.0 Å². The van der Waals surface area contributed by atoms with Gasteiger partial charge in [-0.2, -0.15) is 0 Å². The van der Waals surface area contributed by atoms with Gasteiger partial charge in [0.05, 0.1) is 5.69 Å². The number of nitrogens with one attached hydrogen (secondary N) is 2. The fraction of sp³-hybridized carbons (Fsp3) is 0.391. The molecule has 0 spiro atoms. The van der Waals surface area contributed by atoms with Crippen LogP contribution in [-0.2, 0) is 26.4 Å². The topological polar surface area (TPSA) is 107 Å². The van der Waals surface area contributed by atoms with E-state index in [1.54, 1.807) is 0 Å². The molecule has 1 aliphatic rings. The van der Waals surface area contributed by atoms with Crippen LogP contribution < -0.4 is 10.9 Å². The summed E-state index contributed by atoms with van der Waals surface area (Å²) in [5.74, 6) is -1.83. The molecule has 30 heavy (non-hydrogen) atoms. The van der Waals surface area contributed by atoms with Crippen LogP contribution in [0.4, 0.5) is 0 Å². The number of aromatic hydroxyl groups is 1. The van der Waals surface area contributed by atoms with E-state index in [2.05, 4.69) is 41.8 Å².